The van der Waals surface area contributed by atoms with E-state index in [1.165, 1.54) is 11.1 Å². The largest absolute Gasteiger partial charge is 0.356 e. The first-order chi connectivity index (χ1) is 10.2. The molecule has 1 aliphatic rings. The van der Waals surface area contributed by atoms with Gasteiger partial charge in [0.15, 0.2) is 0 Å². The van der Waals surface area contributed by atoms with E-state index >= 15 is 0 Å². The van der Waals surface area contributed by atoms with Gasteiger partial charge in [-0.2, -0.15) is 0 Å². The van der Waals surface area contributed by atoms with Crippen LogP contribution in [0.4, 0.5) is 0 Å². The average molecular weight is 288 g/mol. The number of unbranched alkanes of at least 4 members (excludes halogenated alkanes) is 2. The first kappa shape index (κ1) is 15.5. The van der Waals surface area contributed by atoms with Crippen LogP contribution in [-0.4, -0.2) is 29.8 Å². The Kier molecular flexibility index (Phi) is 5.78. The minimum atomic E-state index is -0.157. The molecule has 0 aliphatic carbocycles. The molecule has 0 bridgehead atoms. The van der Waals surface area contributed by atoms with Gasteiger partial charge in [-0.3, -0.25) is 9.59 Å². The Morgan fingerprint density at radius 2 is 1.95 bits per heavy atom. The van der Waals surface area contributed by atoms with Crippen molar-refractivity contribution in [1.82, 2.24) is 10.2 Å². The Labute approximate surface area is 126 Å². The van der Waals surface area contributed by atoms with Crippen LogP contribution in [0.25, 0.3) is 0 Å². The Hall–Kier alpha value is -1.84. The van der Waals surface area contributed by atoms with Gasteiger partial charge >= 0.3 is 0 Å². The number of rotatable bonds is 6. The van der Waals surface area contributed by atoms with Crippen LogP contribution < -0.4 is 5.32 Å². The molecule has 2 rings (SSSR count). The van der Waals surface area contributed by atoms with Gasteiger partial charge < -0.3 is 10.2 Å². The third kappa shape index (κ3) is 4.59. The molecule has 4 nitrogen and oxygen atoms in total. The summed E-state index contributed by atoms with van der Waals surface area (Å²) >= 11 is 0. The van der Waals surface area contributed by atoms with E-state index in [1.54, 1.807) is 4.90 Å². The first-order valence-electron chi connectivity index (χ1n) is 7.82. The van der Waals surface area contributed by atoms with E-state index in [0.29, 0.717) is 19.6 Å². The van der Waals surface area contributed by atoms with Gasteiger partial charge in [0.2, 0.25) is 11.8 Å². The van der Waals surface area contributed by atoms with Crippen molar-refractivity contribution in [3.63, 3.8) is 0 Å². The lowest BCUT2D eigenvalue weighted by Gasteiger charge is -2.28. The van der Waals surface area contributed by atoms with Gasteiger partial charge in [-0.05, 0) is 24.0 Å². The molecule has 4 heteroatoms. The van der Waals surface area contributed by atoms with Crippen LogP contribution in [0.3, 0.4) is 0 Å². The number of carbonyl (C=O) groups is 2. The molecule has 0 saturated heterocycles. The Morgan fingerprint density at radius 1 is 1.19 bits per heavy atom. The van der Waals surface area contributed by atoms with E-state index < -0.39 is 0 Å². The molecular formula is C17H24N2O2. The summed E-state index contributed by atoms with van der Waals surface area (Å²) in [6.07, 6.45) is 4.06. The molecule has 21 heavy (non-hydrogen) atoms. The summed E-state index contributed by atoms with van der Waals surface area (Å²) in [6, 6.07) is 8.19. The summed E-state index contributed by atoms with van der Waals surface area (Å²) in [7, 11) is 0. The van der Waals surface area contributed by atoms with Crippen molar-refractivity contribution in [3.8, 4) is 0 Å². The summed E-state index contributed by atoms with van der Waals surface area (Å²) in [5, 5.41) is 2.82. The molecule has 1 aromatic rings. The summed E-state index contributed by atoms with van der Waals surface area (Å²) in [5.41, 5.74) is 2.51. The van der Waals surface area contributed by atoms with Gasteiger partial charge in [-0.15, -0.1) is 0 Å². The molecule has 0 atom stereocenters. The second-order valence-electron chi connectivity index (χ2n) is 5.57. The number of carbonyl (C=O) groups excluding carboxylic acids is 2. The lowest BCUT2D eigenvalue weighted by Crippen LogP contribution is -2.39. The number of amides is 2. The maximum absolute atomic E-state index is 12.2. The van der Waals surface area contributed by atoms with Gasteiger partial charge in [0.05, 0.1) is 0 Å². The molecule has 0 saturated carbocycles. The lowest BCUT2D eigenvalue weighted by atomic mass is 10.00. The quantitative estimate of drug-likeness (QED) is 0.645. The molecule has 1 aliphatic heterocycles. The highest BCUT2D eigenvalue weighted by Crippen LogP contribution is 2.18. The summed E-state index contributed by atoms with van der Waals surface area (Å²) in [6.45, 7) is 4.12. The molecular weight excluding hydrogens is 264 g/mol. The zero-order valence-electron chi connectivity index (χ0n) is 12.7. The van der Waals surface area contributed by atoms with Crippen LogP contribution in [0, 0.1) is 0 Å². The highest BCUT2D eigenvalue weighted by atomic mass is 16.2. The van der Waals surface area contributed by atoms with Crippen LogP contribution in [-0.2, 0) is 22.6 Å². The molecule has 1 heterocycles. The Bertz CT molecular complexity index is 499. The van der Waals surface area contributed by atoms with Gasteiger partial charge in [-0.1, -0.05) is 44.0 Å². The SMILES string of the molecule is CCCCCNC(=O)CC(=O)N1CCc2ccccc2C1. The van der Waals surface area contributed by atoms with Crippen molar-refractivity contribution in [1.29, 1.82) is 0 Å². The molecule has 0 unspecified atom stereocenters. The maximum atomic E-state index is 12.2. The van der Waals surface area contributed by atoms with E-state index in [0.717, 1.165) is 25.7 Å². The van der Waals surface area contributed by atoms with Crippen molar-refractivity contribution < 1.29 is 9.59 Å². The van der Waals surface area contributed by atoms with E-state index in [-0.39, 0.29) is 18.2 Å². The number of benzene rings is 1. The van der Waals surface area contributed by atoms with Crippen molar-refractivity contribution >= 4 is 11.8 Å². The smallest absolute Gasteiger partial charge is 0.232 e. The minimum Gasteiger partial charge on any atom is -0.356 e. The zero-order valence-corrected chi connectivity index (χ0v) is 12.7. The third-order valence-corrected chi connectivity index (χ3v) is 3.90. The van der Waals surface area contributed by atoms with Crippen LogP contribution in [0.1, 0.15) is 43.7 Å². The predicted octanol–water partition coefficient (Wildman–Crippen LogP) is 2.27. The van der Waals surface area contributed by atoms with E-state index in [4.69, 9.17) is 0 Å². The van der Waals surface area contributed by atoms with Gasteiger partial charge in [0.1, 0.15) is 6.42 Å². The van der Waals surface area contributed by atoms with Crippen molar-refractivity contribution in [3.05, 3.63) is 35.4 Å². The standard InChI is InChI=1S/C17H24N2O2/c1-2-3-6-10-18-16(20)12-17(21)19-11-9-14-7-4-5-8-15(14)13-19/h4-5,7-8H,2-3,6,9-13H2,1H3,(H,18,20). The maximum Gasteiger partial charge on any atom is 0.232 e. The van der Waals surface area contributed by atoms with E-state index in [1.807, 2.05) is 12.1 Å². The number of nitrogens with zero attached hydrogens (tertiary/aromatic N) is 1. The minimum absolute atomic E-state index is 0.0334. The number of nitrogens with one attached hydrogen (secondary N) is 1. The van der Waals surface area contributed by atoms with Gasteiger partial charge in [0, 0.05) is 19.6 Å². The molecule has 0 radical (unpaired) electrons. The average Bonchev–Trinajstić information content (AvgIpc) is 2.51. The van der Waals surface area contributed by atoms with Gasteiger partial charge in [-0.25, -0.2) is 0 Å². The Morgan fingerprint density at radius 3 is 2.71 bits per heavy atom. The molecule has 1 aromatic carbocycles. The summed E-state index contributed by atoms with van der Waals surface area (Å²) < 4.78 is 0. The molecule has 0 fully saturated rings. The highest BCUT2D eigenvalue weighted by molar-refractivity contribution is 5.96. The van der Waals surface area contributed by atoms with Crippen LogP contribution in [0.5, 0.6) is 0 Å². The van der Waals surface area contributed by atoms with E-state index in [2.05, 4.69) is 24.4 Å². The second-order valence-corrected chi connectivity index (χ2v) is 5.57. The normalized spacial score (nSPS) is 13.7. The lowest BCUT2D eigenvalue weighted by molar-refractivity contribution is -0.136. The Balaban J connectivity index is 1.78. The fraction of sp³-hybridized carbons (Fsp3) is 0.529. The number of fused-ring (bicyclic) bond motifs is 1. The topological polar surface area (TPSA) is 49.4 Å². The fourth-order valence-corrected chi connectivity index (χ4v) is 2.62. The van der Waals surface area contributed by atoms with Gasteiger partial charge in [0.25, 0.3) is 0 Å². The summed E-state index contributed by atoms with van der Waals surface area (Å²) in [5.74, 6) is -0.229. The zero-order chi connectivity index (χ0) is 15.1. The monoisotopic (exact) mass is 288 g/mol. The van der Waals surface area contributed by atoms with Crippen LogP contribution >= 0.6 is 0 Å². The molecule has 2 amide bonds. The number of hydrogen-bond acceptors (Lipinski definition) is 2. The molecule has 0 aromatic heterocycles. The predicted molar refractivity (Wildman–Crippen MR) is 82.7 cm³/mol. The van der Waals surface area contributed by atoms with Crippen molar-refractivity contribution in [2.75, 3.05) is 13.1 Å². The van der Waals surface area contributed by atoms with E-state index in [9.17, 15) is 9.59 Å². The highest BCUT2D eigenvalue weighted by Gasteiger charge is 2.21. The van der Waals surface area contributed by atoms with Crippen molar-refractivity contribution in [2.45, 2.75) is 45.6 Å². The third-order valence-electron chi connectivity index (χ3n) is 3.90. The van der Waals surface area contributed by atoms with Crippen LogP contribution in [0.15, 0.2) is 24.3 Å². The molecule has 114 valence electrons. The molecule has 1 N–H and O–H groups in total. The number of hydrogen-bond donors (Lipinski definition) is 1. The molecule has 0 spiro atoms. The fourth-order valence-electron chi connectivity index (χ4n) is 2.62. The van der Waals surface area contributed by atoms with Crippen LogP contribution in [0.2, 0.25) is 0 Å². The second kappa shape index (κ2) is 7.81. The summed E-state index contributed by atoms with van der Waals surface area (Å²) in [4.78, 5) is 25.7. The van der Waals surface area contributed by atoms with Crippen molar-refractivity contribution in [2.24, 2.45) is 0 Å². The first-order valence-corrected chi connectivity index (χ1v) is 7.82.